The predicted molar refractivity (Wildman–Crippen MR) is 71.6 cm³/mol. The summed E-state index contributed by atoms with van der Waals surface area (Å²) < 4.78 is 16.6. The molecule has 1 fully saturated rings. The van der Waals surface area contributed by atoms with E-state index in [2.05, 4.69) is 5.10 Å². The maximum Gasteiger partial charge on any atom is 0.118 e. The van der Waals surface area contributed by atoms with Gasteiger partial charge in [0.05, 0.1) is 16.4 Å². The number of nitrogens with zero attached hydrogens (tertiary/aromatic N) is 2. The van der Waals surface area contributed by atoms with Crippen molar-refractivity contribution in [1.29, 1.82) is 0 Å². The molecule has 1 aliphatic carbocycles. The van der Waals surface area contributed by atoms with Crippen molar-refractivity contribution in [3.05, 3.63) is 16.4 Å². The van der Waals surface area contributed by atoms with Gasteiger partial charge in [0.1, 0.15) is 5.67 Å². The van der Waals surface area contributed by atoms with E-state index in [4.69, 9.17) is 17.3 Å². The summed E-state index contributed by atoms with van der Waals surface area (Å²) in [5, 5.41) is 4.94. The largest absolute Gasteiger partial charge is 0.328 e. The predicted octanol–water partition coefficient (Wildman–Crippen LogP) is 3.02. The minimum absolute atomic E-state index is 0.0263. The molecule has 102 valence electrons. The van der Waals surface area contributed by atoms with Crippen molar-refractivity contribution in [1.82, 2.24) is 9.78 Å². The number of alkyl halides is 1. The third-order valence-corrected chi connectivity index (χ3v) is 4.26. The second-order valence-electron chi connectivity index (χ2n) is 5.35. The lowest BCUT2D eigenvalue weighted by molar-refractivity contribution is 0.0940. The van der Waals surface area contributed by atoms with Gasteiger partial charge in [0.25, 0.3) is 0 Å². The van der Waals surface area contributed by atoms with E-state index in [1.807, 2.05) is 13.8 Å². The molecule has 0 aromatic carbocycles. The Hall–Kier alpha value is -0.610. The highest BCUT2D eigenvalue weighted by molar-refractivity contribution is 6.31. The highest BCUT2D eigenvalue weighted by Crippen LogP contribution is 2.36. The van der Waals surface area contributed by atoms with E-state index >= 15 is 0 Å². The van der Waals surface area contributed by atoms with E-state index in [0.29, 0.717) is 30.8 Å². The van der Waals surface area contributed by atoms with Gasteiger partial charge in [-0.1, -0.05) is 11.6 Å². The Morgan fingerprint density at radius 1 is 1.61 bits per heavy atom. The molecular formula is C13H21ClFN3. The summed E-state index contributed by atoms with van der Waals surface area (Å²) in [5.74, 6) is 0. The number of rotatable bonds is 3. The van der Waals surface area contributed by atoms with Crippen molar-refractivity contribution in [3.63, 3.8) is 0 Å². The first kappa shape index (κ1) is 13.8. The van der Waals surface area contributed by atoms with Crippen molar-refractivity contribution in [2.24, 2.45) is 5.73 Å². The highest BCUT2D eigenvalue weighted by Gasteiger charge is 2.37. The molecular weight excluding hydrogens is 253 g/mol. The van der Waals surface area contributed by atoms with Crippen molar-refractivity contribution < 1.29 is 4.39 Å². The molecule has 1 saturated carbocycles. The Labute approximate surface area is 112 Å². The molecule has 1 aromatic heterocycles. The fourth-order valence-electron chi connectivity index (χ4n) is 2.85. The van der Waals surface area contributed by atoms with Gasteiger partial charge >= 0.3 is 0 Å². The zero-order chi connectivity index (χ0) is 13.3. The van der Waals surface area contributed by atoms with E-state index in [0.717, 1.165) is 24.2 Å². The van der Waals surface area contributed by atoms with Gasteiger partial charge in [-0.25, -0.2) is 4.39 Å². The molecule has 0 radical (unpaired) electrons. The van der Waals surface area contributed by atoms with Crippen molar-refractivity contribution >= 4 is 11.6 Å². The zero-order valence-corrected chi connectivity index (χ0v) is 11.8. The molecule has 2 unspecified atom stereocenters. The number of aromatic nitrogens is 2. The molecule has 2 atom stereocenters. The van der Waals surface area contributed by atoms with Crippen LogP contribution in [-0.2, 0) is 13.0 Å². The molecule has 3 nitrogen and oxygen atoms in total. The number of halogens is 2. The Bertz CT molecular complexity index is 432. The summed E-state index contributed by atoms with van der Waals surface area (Å²) in [5.41, 5.74) is 6.25. The lowest BCUT2D eigenvalue weighted by Crippen LogP contribution is -2.40. The van der Waals surface area contributed by atoms with Crippen LogP contribution in [0.25, 0.3) is 0 Å². The third-order valence-electron chi connectivity index (χ3n) is 3.76. The van der Waals surface area contributed by atoms with Crippen molar-refractivity contribution in [3.8, 4) is 0 Å². The number of nitrogens with two attached hydrogens (primary N) is 1. The Kier molecular flexibility index (Phi) is 3.97. The van der Waals surface area contributed by atoms with Gasteiger partial charge in [0.15, 0.2) is 0 Å². The monoisotopic (exact) mass is 273 g/mol. The van der Waals surface area contributed by atoms with E-state index in [1.165, 1.54) is 0 Å². The quantitative estimate of drug-likeness (QED) is 0.920. The zero-order valence-electron chi connectivity index (χ0n) is 11.0. The second kappa shape index (κ2) is 5.17. The summed E-state index contributed by atoms with van der Waals surface area (Å²) in [4.78, 5) is 0. The molecule has 0 saturated heterocycles. The first-order valence-electron chi connectivity index (χ1n) is 6.61. The third kappa shape index (κ3) is 2.69. The van der Waals surface area contributed by atoms with Crippen LogP contribution >= 0.6 is 11.6 Å². The summed E-state index contributed by atoms with van der Waals surface area (Å²) >= 11 is 6.23. The molecule has 18 heavy (non-hydrogen) atoms. The molecule has 0 aliphatic heterocycles. The van der Waals surface area contributed by atoms with Crippen LogP contribution in [0.1, 0.15) is 44.0 Å². The minimum atomic E-state index is -1.22. The van der Waals surface area contributed by atoms with Crippen molar-refractivity contribution in [2.45, 2.75) is 64.2 Å². The molecule has 5 heteroatoms. The number of aryl methyl sites for hydroxylation is 2. The van der Waals surface area contributed by atoms with Gasteiger partial charge in [-0.05, 0) is 39.5 Å². The number of hydrogen-bond acceptors (Lipinski definition) is 2. The summed E-state index contributed by atoms with van der Waals surface area (Å²) in [6.07, 6.45) is 3.11. The topological polar surface area (TPSA) is 43.8 Å². The smallest absolute Gasteiger partial charge is 0.118 e. The lowest BCUT2D eigenvalue weighted by Gasteiger charge is -2.33. The fraction of sp³-hybridized carbons (Fsp3) is 0.769. The fourth-order valence-corrected chi connectivity index (χ4v) is 3.06. The molecule has 2 N–H and O–H groups in total. The minimum Gasteiger partial charge on any atom is -0.328 e. The molecule has 2 rings (SSSR count). The molecule has 0 amide bonds. The van der Waals surface area contributed by atoms with Crippen LogP contribution in [0.4, 0.5) is 4.39 Å². The standard InChI is InChI=1S/C13H21ClFN3/c1-3-18-11(12(14)9(2)17-18)8-13(15)6-4-5-10(16)7-13/h10H,3-8,16H2,1-2H3. The van der Waals surface area contributed by atoms with Gasteiger partial charge in [0, 0.05) is 19.0 Å². The Morgan fingerprint density at radius 3 is 2.94 bits per heavy atom. The van der Waals surface area contributed by atoms with E-state index in [1.54, 1.807) is 4.68 Å². The highest BCUT2D eigenvalue weighted by atomic mass is 35.5. The summed E-state index contributed by atoms with van der Waals surface area (Å²) in [6, 6.07) is -0.0263. The van der Waals surface area contributed by atoms with Gasteiger partial charge in [-0.15, -0.1) is 0 Å². The van der Waals surface area contributed by atoms with Crippen LogP contribution in [0.5, 0.6) is 0 Å². The molecule has 0 spiro atoms. The molecule has 1 aliphatic rings. The van der Waals surface area contributed by atoms with Crippen LogP contribution in [-0.4, -0.2) is 21.5 Å². The molecule has 0 bridgehead atoms. The molecule has 1 heterocycles. The van der Waals surface area contributed by atoms with Crippen LogP contribution < -0.4 is 5.73 Å². The van der Waals surface area contributed by atoms with Gasteiger partial charge in [0.2, 0.25) is 0 Å². The first-order chi connectivity index (χ1) is 8.45. The van der Waals surface area contributed by atoms with Gasteiger partial charge in [-0.3, -0.25) is 4.68 Å². The SMILES string of the molecule is CCn1nc(C)c(Cl)c1CC1(F)CCCC(N)C1. The van der Waals surface area contributed by atoms with E-state index < -0.39 is 5.67 Å². The summed E-state index contributed by atoms with van der Waals surface area (Å²) in [6.45, 7) is 4.56. The molecule has 1 aromatic rings. The van der Waals surface area contributed by atoms with E-state index in [-0.39, 0.29) is 6.04 Å². The average Bonchev–Trinajstić information content (AvgIpc) is 2.56. The van der Waals surface area contributed by atoms with Crippen LogP contribution in [0.2, 0.25) is 5.02 Å². The normalized spacial score (nSPS) is 28.6. The Balaban J connectivity index is 2.22. The average molecular weight is 274 g/mol. The maximum atomic E-state index is 14.8. The number of hydrogen-bond donors (Lipinski definition) is 1. The van der Waals surface area contributed by atoms with E-state index in [9.17, 15) is 4.39 Å². The Morgan fingerprint density at radius 2 is 2.33 bits per heavy atom. The summed E-state index contributed by atoms with van der Waals surface area (Å²) in [7, 11) is 0. The van der Waals surface area contributed by atoms with Crippen molar-refractivity contribution in [2.75, 3.05) is 0 Å². The maximum absolute atomic E-state index is 14.8. The van der Waals surface area contributed by atoms with Gasteiger partial charge in [-0.2, -0.15) is 5.10 Å². The first-order valence-corrected chi connectivity index (χ1v) is 6.99. The second-order valence-corrected chi connectivity index (χ2v) is 5.72. The van der Waals surface area contributed by atoms with Gasteiger partial charge < -0.3 is 5.73 Å². The lowest BCUT2D eigenvalue weighted by atomic mass is 9.80. The van der Waals surface area contributed by atoms with Crippen LogP contribution in [0.3, 0.4) is 0 Å². The van der Waals surface area contributed by atoms with Crippen LogP contribution in [0.15, 0.2) is 0 Å². The van der Waals surface area contributed by atoms with Crippen LogP contribution in [0, 0.1) is 6.92 Å².